The van der Waals surface area contributed by atoms with E-state index in [0.29, 0.717) is 0 Å². The summed E-state index contributed by atoms with van der Waals surface area (Å²) in [6.45, 7) is 0. The summed E-state index contributed by atoms with van der Waals surface area (Å²) in [6.07, 6.45) is 3.57. The van der Waals surface area contributed by atoms with Gasteiger partial charge >= 0.3 is 0 Å². The molecule has 13 heavy (non-hydrogen) atoms. The van der Waals surface area contributed by atoms with Crippen LogP contribution >= 0.6 is 11.3 Å². The molecule has 0 bridgehead atoms. The van der Waals surface area contributed by atoms with E-state index in [2.05, 4.69) is 10.4 Å². The van der Waals surface area contributed by atoms with Crippen molar-refractivity contribution in [1.29, 1.82) is 0 Å². The summed E-state index contributed by atoms with van der Waals surface area (Å²) in [5, 5.41) is 4.07. The summed E-state index contributed by atoms with van der Waals surface area (Å²) in [7, 11) is 1.69. The lowest BCUT2D eigenvalue weighted by Gasteiger charge is -2.01. The third kappa shape index (κ3) is 1.55. The van der Waals surface area contributed by atoms with Gasteiger partial charge in [0.1, 0.15) is 5.75 Å². The molecule has 2 aromatic rings. The molecule has 2 heterocycles. The lowest BCUT2D eigenvalue weighted by atomic mass is 10.1. The fourth-order valence-corrected chi connectivity index (χ4v) is 1.99. The highest BCUT2D eigenvalue weighted by Crippen LogP contribution is 2.32. The Balaban J connectivity index is 2.47. The normalized spacial score (nSPS) is 9.92. The molecule has 2 aromatic heterocycles. The van der Waals surface area contributed by atoms with Crippen molar-refractivity contribution in [2.24, 2.45) is 0 Å². The second-order valence-corrected chi connectivity index (χ2v) is 3.33. The summed E-state index contributed by atoms with van der Waals surface area (Å²) in [5.74, 6) is 0.927. The Morgan fingerprint density at radius 1 is 1.23 bits per heavy atom. The van der Waals surface area contributed by atoms with E-state index >= 15 is 0 Å². The van der Waals surface area contributed by atoms with Crippen molar-refractivity contribution in [2.45, 2.75) is 0 Å². The zero-order chi connectivity index (χ0) is 9.10. The van der Waals surface area contributed by atoms with Gasteiger partial charge in [0.25, 0.3) is 0 Å². The van der Waals surface area contributed by atoms with E-state index in [1.165, 1.54) is 0 Å². The molecule has 0 N–H and O–H groups in total. The minimum atomic E-state index is 0.927. The van der Waals surface area contributed by atoms with Gasteiger partial charge in [0.15, 0.2) is 0 Å². The molecule has 0 aliphatic carbocycles. The van der Waals surface area contributed by atoms with Crippen molar-refractivity contribution in [1.82, 2.24) is 4.98 Å². The molecule has 0 aliphatic heterocycles. The Morgan fingerprint density at radius 2 is 2.00 bits per heavy atom. The first-order valence-electron chi connectivity index (χ1n) is 3.92. The highest BCUT2D eigenvalue weighted by atomic mass is 32.1. The summed E-state index contributed by atoms with van der Waals surface area (Å²) in [4.78, 5) is 3.97. The van der Waals surface area contributed by atoms with E-state index in [9.17, 15) is 0 Å². The van der Waals surface area contributed by atoms with Crippen LogP contribution in [0.4, 0.5) is 0 Å². The van der Waals surface area contributed by atoms with Crippen LogP contribution in [-0.4, -0.2) is 12.1 Å². The van der Waals surface area contributed by atoms with Crippen molar-refractivity contribution in [3.8, 4) is 16.9 Å². The SMILES string of the molecule is COc1cscc1-c1ccncc1. The van der Waals surface area contributed by atoms with Gasteiger partial charge in [-0.25, -0.2) is 0 Å². The molecular formula is C10H9NOS. The van der Waals surface area contributed by atoms with Gasteiger partial charge < -0.3 is 4.74 Å². The Kier molecular flexibility index (Phi) is 2.27. The molecule has 0 spiro atoms. The molecule has 0 saturated heterocycles. The predicted octanol–water partition coefficient (Wildman–Crippen LogP) is 2.82. The Hall–Kier alpha value is -1.35. The number of ether oxygens (including phenoxy) is 1. The van der Waals surface area contributed by atoms with Crippen LogP contribution in [0.5, 0.6) is 5.75 Å². The van der Waals surface area contributed by atoms with Gasteiger partial charge in [0.2, 0.25) is 0 Å². The predicted molar refractivity (Wildman–Crippen MR) is 54.1 cm³/mol. The minimum Gasteiger partial charge on any atom is -0.495 e. The van der Waals surface area contributed by atoms with Gasteiger partial charge in [-0.2, -0.15) is 0 Å². The van der Waals surface area contributed by atoms with Crippen LogP contribution in [0.1, 0.15) is 0 Å². The molecule has 66 valence electrons. The van der Waals surface area contributed by atoms with Crippen molar-refractivity contribution >= 4 is 11.3 Å². The van der Waals surface area contributed by atoms with Gasteiger partial charge in [0, 0.05) is 28.7 Å². The van der Waals surface area contributed by atoms with Crippen LogP contribution in [0.15, 0.2) is 35.3 Å². The molecule has 0 radical (unpaired) electrons. The number of rotatable bonds is 2. The van der Waals surface area contributed by atoms with Crippen LogP contribution < -0.4 is 4.74 Å². The Morgan fingerprint density at radius 3 is 2.69 bits per heavy atom. The molecular weight excluding hydrogens is 182 g/mol. The number of thiophene rings is 1. The number of pyridine rings is 1. The number of hydrogen-bond donors (Lipinski definition) is 0. The van der Waals surface area contributed by atoms with E-state index in [-0.39, 0.29) is 0 Å². The van der Waals surface area contributed by atoms with Gasteiger partial charge in [-0.15, -0.1) is 11.3 Å². The standard InChI is InChI=1S/C10H9NOS/c1-12-10-7-13-6-9(10)8-2-4-11-5-3-8/h2-7H,1H3. The number of nitrogens with zero attached hydrogens (tertiary/aromatic N) is 1. The number of hydrogen-bond acceptors (Lipinski definition) is 3. The molecule has 0 aromatic carbocycles. The summed E-state index contributed by atoms with van der Waals surface area (Å²) in [5.41, 5.74) is 2.28. The maximum absolute atomic E-state index is 5.23. The van der Waals surface area contributed by atoms with Gasteiger partial charge in [-0.1, -0.05) is 0 Å². The van der Waals surface area contributed by atoms with Crippen LogP contribution in [0.2, 0.25) is 0 Å². The van der Waals surface area contributed by atoms with E-state index < -0.39 is 0 Å². The average molecular weight is 191 g/mol. The van der Waals surface area contributed by atoms with Gasteiger partial charge in [-0.05, 0) is 17.7 Å². The summed E-state index contributed by atoms with van der Waals surface area (Å²) < 4.78 is 5.23. The molecule has 0 amide bonds. The molecule has 0 atom stereocenters. The fraction of sp³-hybridized carbons (Fsp3) is 0.100. The first-order chi connectivity index (χ1) is 6.42. The molecule has 0 aliphatic rings. The maximum atomic E-state index is 5.23. The average Bonchev–Trinajstić information content (AvgIpc) is 2.67. The molecule has 2 rings (SSSR count). The first-order valence-corrected chi connectivity index (χ1v) is 4.86. The third-order valence-corrected chi connectivity index (χ3v) is 2.56. The van der Waals surface area contributed by atoms with E-state index in [1.54, 1.807) is 30.8 Å². The van der Waals surface area contributed by atoms with E-state index in [1.807, 2.05) is 17.5 Å². The number of methoxy groups -OCH3 is 1. The minimum absolute atomic E-state index is 0.927. The van der Waals surface area contributed by atoms with Crippen LogP contribution in [0, 0.1) is 0 Å². The smallest absolute Gasteiger partial charge is 0.137 e. The molecule has 0 fully saturated rings. The van der Waals surface area contributed by atoms with Crippen molar-refractivity contribution in [2.75, 3.05) is 7.11 Å². The second-order valence-electron chi connectivity index (χ2n) is 2.59. The van der Waals surface area contributed by atoms with Crippen molar-refractivity contribution in [3.05, 3.63) is 35.3 Å². The van der Waals surface area contributed by atoms with Gasteiger partial charge in [-0.3, -0.25) is 4.98 Å². The van der Waals surface area contributed by atoms with Crippen LogP contribution in [-0.2, 0) is 0 Å². The highest BCUT2D eigenvalue weighted by molar-refractivity contribution is 7.08. The summed E-state index contributed by atoms with van der Waals surface area (Å²) >= 11 is 1.64. The Bertz CT molecular complexity index is 383. The lowest BCUT2D eigenvalue weighted by Crippen LogP contribution is -1.82. The highest BCUT2D eigenvalue weighted by Gasteiger charge is 2.05. The lowest BCUT2D eigenvalue weighted by molar-refractivity contribution is 0.418. The zero-order valence-electron chi connectivity index (χ0n) is 7.23. The molecule has 0 unspecified atom stereocenters. The second kappa shape index (κ2) is 3.58. The van der Waals surface area contributed by atoms with Crippen LogP contribution in [0.25, 0.3) is 11.1 Å². The fourth-order valence-electron chi connectivity index (χ4n) is 1.19. The van der Waals surface area contributed by atoms with Gasteiger partial charge in [0.05, 0.1) is 7.11 Å². The third-order valence-electron chi connectivity index (χ3n) is 1.84. The van der Waals surface area contributed by atoms with E-state index in [4.69, 9.17) is 4.74 Å². The van der Waals surface area contributed by atoms with E-state index in [0.717, 1.165) is 16.9 Å². The molecule has 0 saturated carbocycles. The monoisotopic (exact) mass is 191 g/mol. The molecule has 3 heteroatoms. The quantitative estimate of drug-likeness (QED) is 0.728. The molecule has 2 nitrogen and oxygen atoms in total. The maximum Gasteiger partial charge on any atom is 0.137 e. The van der Waals surface area contributed by atoms with Crippen LogP contribution in [0.3, 0.4) is 0 Å². The number of aromatic nitrogens is 1. The zero-order valence-corrected chi connectivity index (χ0v) is 8.04. The van der Waals surface area contributed by atoms with Crippen molar-refractivity contribution < 1.29 is 4.74 Å². The first kappa shape index (κ1) is 8.26. The Labute approximate surface area is 80.8 Å². The topological polar surface area (TPSA) is 22.1 Å². The largest absolute Gasteiger partial charge is 0.495 e. The summed E-state index contributed by atoms with van der Waals surface area (Å²) in [6, 6.07) is 3.95. The van der Waals surface area contributed by atoms with Crippen molar-refractivity contribution in [3.63, 3.8) is 0 Å².